The van der Waals surface area contributed by atoms with Crippen molar-refractivity contribution in [1.82, 2.24) is 0 Å². The topological polar surface area (TPSA) is 18.5 Å². The Morgan fingerprint density at radius 3 is 0.757 bits per heavy atom. The maximum absolute atomic E-state index is 6.86. The summed E-state index contributed by atoms with van der Waals surface area (Å²) < 4.78 is 13.7. The van der Waals surface area contributed by atoms with Gasteiger partial charge in [0.2, 0.25) is 0 Å². The molecule has 0 aliphatic rings. The number of hydrogen-bond acceptors (Lipinski definition) is 8. The molecule has 0 fully saturated rings. The van der Waals surface area contributed by atoms with E-state index in [1.165, 1.54) is 112 Å². The lowest BCUT2D eigenvalue weighted by Gasteiger charge is -2.36. The molecule has 37 heavy (non-hydrogen) atoms. The molecule has 0 aromatic heterocycles. The smallest absolute Gasteiger partial charge is 0.0683 e. The summed E-state index contributed by atoms with van der Waals surface area (Å²) in [6.45, 7) is 1.68. The monoisotopic (exact) mass is 632 g/mol. The molecule has 0 aromatic carbocycles. The molecule has 2 nitrogen and oxygen atoms in total. The van der Waals surface area contributed by atoms with E-state index >= 15 is 0 Å². The summed E-state index contributed by atoms with van der Waals surface area (Å²) in [6, 6.07) is 0. The molecule has 0 bridgehead atoms. The van der Waals surface area contributed by atoms with E-state index in [4.69, 9.17) is 9.47 Å². The first-order valence-electron chi connectivity index (χ1n) is 14.3. The summed E-state index contributed by atoms with van der Waals surface area (Å²) in [6.07, 6.45) is 29.2. The molecular weight excluding hydrogens is 573 g/mol. The molecule has 0 radical (unpaired) electrons. The Labute approximate surface area is 258 Å². The molecule has 0 N–H and O–H groups in total. The quantitative estimate of drug-likeness (QED) is 0.0719. The molecule has 0 rings (SSSR count). The molecule has 0 saturated heterocycles. The molecule has 8 heteroatoms. The van der Waals surface area contributed by atoms with Gasteiger partial charge in [0.1, 0.15) is 0 Å². The fourth-order valence-corrected chi connectivity index (χ4v) is 7.65. The van der Waals surface area contributed by atoms with Gasteiger partial charge in [0.25, 0.3) is 0 Å². The van der Waals surface area contributed by atoms with Crippen molar-refractivity contribution in [2.75, 3.05) is 85.3 Å². The van der Waals surface area contributed by atoms with Gasteiger partial charge in [-0.3, -0.25) is 0 Å². The van der Waals surface area contributed by atoms with Crippen molar-refractivity contribution in [2.45, 2.75) is 94.7 Å². The standard InChI is InChI=1S/C29H60O2S6/c1-32-22-7-14-28(15-8-23-33-2,16-9-24-34-3)30-20-13-21-31-29(17-10-25-35-4,18-11-26-36-5)19-12-27-37-6/h7-27H2,1-6H3. The van der Waals surface area contributed by atoms with Crippen LogP contribution in [0.2, 0.25) is 0 Å². The van der Waals surface area contributed by atoms with Crippen molar-refractivity contribution in [3.8, 4) is 0 Å². The van der Waals surface area contributed by atoms with Gasteiger partial charge in [0, 0.05) is 13.2 Å². The lowest BCUT2D eigenvalue weighted by atomic mass is 9.87. The number of rotatable bonds is 30. The van der Waals surface area contributed by atoms with Gasteiger partial charge in [-0.05, 0) is 156 Å². The van der Waals surface area contributed by atoms with Crippen molar-refractivity contribution >= 4 is 70.6 Å². The Hall–Kier alpha value is 2.02. The van der Waals surface area contributed by atoms with Crippen LogP contribution in [0.15, 0.2) is 0 Å². The predicted molar refractivity (Wildman–Crippen MR) is 188 cm³/mol. The molecule has 224 valence electrons. The Morgan fingerprint density at radius 2 is 0.568 bits per heavy atom. The zero-order chi connectivity index (χ0) is 27.5. The second-order valence-electron chi connectivity index (χ2n) is 9.99. The summed E-state index contributed by atoms with van der Waals surface area (Å²) in [5, 5.41) is 0. The molecular formula is C29H60O2S6. The summed E-state index contributed by atoms with van der Waals surface area (Å²) in [4.78, 5) is 0. The maximum atomic E-state index is 6.86. The van der Waals surface area contributed by atoms with Crippen LogP contribution in [0.4, 0.5) is 0 Å². The number of hydrogen-bond donors (Lipinski definition) is 0. The van der Waals surface area contributed by atoms with E-state index in [0.29, 0.717) is 0 Å². The summed E-state index contributed by atoms with van der Waals surface area (Å²) in [5.41, 5.74) is 0.126. The van der Waals surface area contributed by atoms with E-state index in [1.54, 1.807) is 0 Å². The van der Waals surface area contributed by atoms with E-state index in [0.717, 1.165) is 19.6 Å². The molecule has 0 atom stereocenters. The van der Waals surface area contributed by atoms with Crippen LogP contribution in [0.1, 0.15) is 83.5 Å². The zero-order valence-electron chi connectivity index (χ0n) is 25.1. The van der Waals surface area contributed by atoms with Crippen molar-refractivity contribution in [3.05, 3.63) is 0 Å². The van der Waals surface area contributed by atoms with Crippen LogP contribution >= 0.6 is 70.6 Å². The molecule has 0 saturated carbocycles. The van der Waals surface area contributed by atoms with E-state index in [-0.39, 0.29) is 11.2 Å². The van der Waals surface area contributed by atoms with Crippen molar-refractivity contribution in [3.63, 3.8) is 0 Å². The number of thioether (sulfide) groups is 6. The summed E-state index contributed by atoms with van der Waals surface area (Å²) in [5.74, 6) is 7.44. The highest BCUT2D eigenvalue weighted by Gasteiger charge is 2.31. The first-order valence-corrected chi connectivity index (χ1v) is 22.7. The van der Waals surface area contributed by atoms with E-state index in [2.05, 4.69) is 37.5 Å². The van der Waals surface area contributed by atoms with E-state index < -0.39 is 0 Å². The van der Waals surface area contributed by atoms with Crippen LogP contribution in [0.3, 0.4) is 0 Å². The van der Waals surface area contributed by atoms with Crippen molar-refractivity contribution < 1.29 is 9.47 Å². The van der Waals surface area contributed by atoms with Gasteiger partial charge in [0.05, 0.1) is 11.2 Å². The molecule has 0 unspecified atom stereocenters. The molecule has 0 amide bonds. The summed E-state index contributed by atoms with van der Waals surface area (Å²) in [7, 11) is 0. The van der Waals surface area contributed by atoms with Crippen LogP contribution in [0.5, 0.6) is 0 Å². The van der Waals surface area contributed by atoms with Crippen LogP contribution < -0.4 is 0 Å². The fourth-order valence-electron chi connectivity index (χ4n) is 5.05. The van der Waals surface area contributed by atoms with Gasteiger partial charge in [0.15, 0.2) is 0 Å². The fraction of sp³-hybridized carbons (Fsp3) is 1.00. The highest BCUT2D eigenvalue weighted by molar-refractivity contribution is 7.99. The third-order valence-electron chi connectivity index (χ3n) is 6.99. The van der Waals surface area contributed by atoms with Crippen molar-refractivity contribution in [1.29, 1.82) is 0 Å². The predicted octanol–water partition coefficient (Wildman–Crippen LogP) is 9.75. The van der Waals surface area contributed by atoms with Crippen LogP contribution in [-0.4, -0.2) is 96.5 Å². The molecule has 0 aromatic rings. The zero-order valence-corrected chi connectivity index (χ0v) is 30.0. The van der Waals surface area contributed by atoms with Crippen LogP contribution in [0.25, 0.3) is 0 Å². The van der Waals surface area contributed by atoms with Crippen LogP contribution in [-0.2, 0) is 9.47 Å². The second kappa shape index (κ2) is 28.2. The Morgan fingerprint density at radius 1 is 0.351 bits per heavy atom. The Balaban J connectivity index is 5.15. The third-order valence-corrected chi connectivity index (χ3v) is 11.2. The lowest BCUT2D eigenvalue weighted by Crippen LogP contribution is -2.36. The molecule has 0 aliphatic carbocycles. The minimum absolute atomic E-state index is 0.0628. The Bertz CT molecular complexity index is 377. The van der Waals surface area contributed by atoms with Gasteiger partial charge >= 0.3 is 0 Å². The highest BCUT2D eigenvalue weighted by atomic mass is 32.2. The summed E-state index contributed by atoms with van der Waals surface area (Å²) >= 11 is 11.8. The third kappa shape index (κ3) is 21.4. The first kappa shape index (κ1) is 39.0. The highest BCUT2D eigenvalue weighted by Crippen LogP contribution is 2.34. The minimum atomic E-state index is 0.0628. The van der Waals surface area contributed by atoms with E-state index in [9.17, 15) is 0 Å². The minimum Gasteiger partial charge on any atom is -0.375 e. The van der Waals surface area contributed by atoms with Gasteiger partial charge in [-0.2, -0.15) is 70.6 Å². The average molecular weight is 633 g/mol. The first-order chi connectivity index (χ1) is 18.1. The second-order valence-corrected chi connectivity index (χ2v) is 15.9. The molecule has 0 heterocycles. The van der Waals surface area contributed by atoms with Crippen LogP contribution in [0, 0.1) is 0 Å². The van der Waals surface area contributed by atoms with Crippen molar-refractivity contribution in [2.24, 2.45) is 0 Å². The van der Waals surface area contributed by atoms with Gasteiger partial charge in [-0.1, -0.05) is 0 Å². The largest absolute Gasteiger partial charge is 0.375 e. The Kier molecular flexibility index (Phi) is 29.7. The molecule has 0 spiro atoms. The normalized spacial score (nSPS) is 12.5. The van der Waals surface area contributed by atoms with Gasteiger partial charge in [-0.15, -0.1) is 0 Å². The SMILES string of the molecule is CSCCCC(CCCSC)(CCCSC)OCCCOC(CCCSC)(CCCSC)CCCSC. The number of ether oxygens (including phenoxy) is 2. The van der Waals surface area contributed by atoms with Gasteiger partial charge < -0.3 is 9.47 Å². The lowest BCUT2D eigenvalue weighted by molar-refractivity contribution is -0.0937. The average Bonchev–Trinajstić information content (AvgIpc) is 2.89. The van der Waals surface area contributed by atoms with Gasteiger partial charge in [-0.25, -0.2) is 0 Å². The van der Waals surface area contributed by atoms with E-state index in [1.807, 2.05) is 70.6 Å². The molecule has 0 aliphatic heterocycles. The maximum Gasteiger partial charge on any atom is 0.0683 e.